The maximum absolute atomic E-state index is 9.39. The third kappa shape index (κ3) is 4.34. The van der Waals surface area contributed by atoms with E-state index in [-0.39, 0.29) is 18.1 Å². The number of hydrogen-bond acceptors (Lipinski definition) is 4. The molecule has 0 bridgehead atoms. The van der Waals surface area contributed by atoms with Gasteiger partial charge in [0.1, 0.15) is 0 Å². The van der Waals surface area contributed by atoms with Crippen molar-refractivity contribution in [3.63, 3.8) is 0 Å². The number of nitrogens with zero attached hydrogens (tertiary/aromatic N) is 1. The molecule has 0 aromatic carbocycles. The van der Waals surface area contributed by atoms with Crippen LogP contribution >= 0.6 is 11.3 Å². The molecular formula is C14H24N2OS. The Hall–Kier alpha value is -0.450. The molecule has 1 aromatic rings. The summed E-state index contributed by atoms with van der Waals surface area (Å²) in [6.07, 6.45) is 3.59. The van der Waals surface area contributed by atoms with Crippen LogP contribution in [0.1, 0.15) is 56.7 Å². The van der Waals surface area contributed by atoms with Crippen molar-refractivity contribution >= 4 is 11.3 Å². The van der Waals surface area contributed by atoms with Gasteiger partial charge in [0.2, 0.25) is 0 Å². The van der Waals surface area contributed by atoms with Crippen LogP contribution in [0.2, 0.25) is 0 Å². The fourth-order valence-corrected chi connectivity index (χ4v) is 3.10. The van der Waals surface area contributed by atoms with Gasteiger partial charge >= 0.3 is 0 Å². The lowest BCUT2D eigenvalue weighted by molar-refractivity contribution is 0.197. The number of aromatic nitrogens is 1. The highest BCUT2D eigenvalue weighted by Crippen LogP contribution is 2.41. The van der Waals surface area contributed by atoms with Crippen molar-refractivity contribution < 1.29 is 5.11 Å². The molecular weight excluding hydrogens is 244 g/mol. The van der Waals surface area contributed by atoms with Gasteiger partial charge < -0.3 is 10.4 Å². The Kier molecular flexibility index (Phi) is 4.41. The molecule has 1 unspecified atom stereocenters. The molecule has 2 N–H and O–H groups in total. The second-order valence-electron chi connectivity index (χ2n) is 6.48. The minimum Gasteiger partial charge on any atom is -0.395 e. The van der Waals surface area contributed by atoms with E-state index >= 15 is 0 Å². The third-order valence-electron chi connectivity index (χ3n) is 3.15. The van der Waals surface area contributed by atoms with Gasteiger partial charge in [-0.2, -0.15) is 0 Å². The summed E-state index contributed by atoms with van der Waals surface area (Å²) in [6, 6.07) is 0.163. The van der Waals surface area contributed by atoms with E-state index in [2.05, 4.69) is 36.5 Å². The van der Waals surface area contributed by atoms with Crippen LogP contribution < -0.4 is 5.32 Å². The zero-order valence-electron chi connectivity index (χ0n) is 11.6. The van der Waals surface area contributed by atoms with E-state index in [0.717, 1.165) is 24.6 Å². The highest BCUT2D eigenvalue weighted by Gasteiger charge is 2.26. The zero-order chi connectivity index (χ0) is 13.2. The monoisotopic (exact) mass is 268 g/mol. The van der Waals surface area contributed by atoms with Gasteiger partial charge in [-0.25, -0.2) is 4.98 Å². The van der Waals surface area contributed by atoms with Crippen LogP contribution in [0.5, 0.6) is 0 Å². The largest absolute Gasteiger partial charge is 0.395 e. The fourth-order valence-electron chi connectivity index (χ4n) is 2.11. The van der Waals surface area contributed by atoms with Gasteiger partial charge in [-0.15, -0.1) is 11.3 Å². The summed E-state index contributed by atoms with van der Waals surface area (Å²) in [6.45, 7) is 7.56. The van der Waals surface area contributed by atoms with Crippen molar-refractivity contribution in [1.29, 1.82) is 0 Å². The second kappa shape index (κ2) is 5.68. The molecule has 102 valence electrons. The molecule has 1 aliphatic carbocycles. The predicted molar refractivity (Wildman–Crippen MR) is 75.9 cm³/mol. The standard InChI is InChI=1S/C14H24N2OS/c1-14(2,3)6-11(8-17)15-7-12-9-18-13(16-12)10-4-5-10/h9-11,15,17H,4-8H2,1-3H3. The molecule has 18 heavy (non-hydrogen) atoms. The van der Waals surface area contributed by atoms with E-state index < -0.39 is 0 Å². The van der Waals surface area contributed by atoms with Crippen molar-refractivity contribution in [3.05, 3.63) is 16.1 Å². The highest BCUT2D eigenvalue weighted by molar-refractivity contribution is 7.09. The van der Waals surface area contributed by atoms with E-state index in [0.29, 0.717) is 0 Å². The van der Waals surface area contributed by atoms with E-state index in [1.54, 1.807) is 11.3 Å². The SMILES string of the molecule is CC(C)(C)CC(CO)NCc1csc(C2CC2)n1. The molecule has 1 fully saturated rings. The Balaban J connectivity index is 1.81. The number of hydrogen-bond donors (Lipinski definition) is 2. The zero-order valence-corrected chi connectivity index (χ0v) is 12.4. The maximum atomic E-state index is 9.39. The first-order chi connectivity index (χ1) is 8.48. The molecule has 3 nitrogen and oxygen atoms in total. The van der Waals surface area contributed by atoms with Gasteiger partial charge in [-0.3, -0.25) is 0 Å². The lowest BCUT2D eigenvalue weighted by Crippen LogP contribution is -2.35. The van der Waals surface area contributed by atoms with Gasteiger partial charge in [-0.05, 0) is 24.7 Å². The second-order valence-corrected chi connectivity index (χ2v) is 7.37. The van der Waals surface area contributed by atoms with Crippen molar-refractivity contribution in [2.24, 2.45) is 5.41 Å². The van der Waals surface area contributed by atoms with Crippen LogP contribution in [0, 0.1) is 5.41 Å². The molecule has 1 aliphatic rings. The van der Waals surface area contributed by atoms with Gasteiger partial charge in [0.25, 0.3) is 0 Å². The molecule has 0 spiro atoms. The molecule has 1 heterocycles. The summed E-state index contributed by atoms with van der Waals surface area (Å²) in [7, 11) is 0. The summed E-state index contributed by atoms with van der Waals surface area (Å²) in [5, 5.41) is 16.2. The van der Waals surface area contributed by atoms with Gasteiger partial charge in [0.05, 0.1) is 17.3 Å². The lowest BCUT2D eigenvalue weighted by atomic mass is 9.88. The van der Waals surface area contributed by atoms with Crippen LogP contribution in [0.3, 0.4) is 0 Å². The van der Waals surface area contributed by atoms with Crippen molar-refractivity contribution in [3.8, 4) is 0 Å². The van der Waals surface area contributed by atoms with E-state index in [4.69, 9.17) is 0 Å². The lowest BCUT2D eigenvalue weighted by Gasteiger charge is -2.25. The number of rotatable bonds is 6. The number of aliphatic hydroxyl groups is 1. The minimum absolute atomic E-state index is 0.163. The van der Waals surface area contributed by atoms with Crippen molar-refractivity contribution in [2.45, 2.75) is 58.5 Å². The quantitative estimate of drug-likeness (QED) is 0.834. The van der Waals surface area contributed by atoms with E-state index in [1.165, 1.54) is 17.8 Å². The van der Waals surface area contributed by atoms with Crippen molar-refractivity contribution in [1.82, 2.24) is 10.3 Å². The van der Waals surface area contributed by atoms with Gasteiger partial charge in [-0.1, -0.05) is 20.8 Å². The Morgan fingerprint density at radius 2 is 2.22 bits per heavy atom. The van der Waals surface area contributed by atoms with Crippen LogP contribution in [-0.2, 0) is 6.54 Å². The summed E-state index contributed by atoms with van der Waals surface area (Å²) < 4.78 is 0. The Bertz CT molecular complexity index is 379. The van der Waals surface area contributed by atoms with Crippen molar-refractivity contribution in [2.75, 3.05) is 6.61 Å². The first-order valence-electron chi connectivity index (χ1n) is 6.76. The average molecular weight is 268 g/mol. The highest BCUT2D eigenvalue weighted by atomic mass is 32.1. The number of thiazole rings is 1. The van der Waals surface area contributed by atoms with Crippen LogP contribution in [-0.4, -0.2) is 22.7 Å². The third-order valence-corrected chi connectivity index (χ3v) is 4.20. The molecule has 4 heteroatoms. The molecule has 0 radical (unpaired) electrons. The fraction of sp³-hybridized carbons (Fsp3) is 0.786. The molecule has 1 atom stereocenters. The normalized spacial score (nSPS) is 18.0. The topological polar surface area (TPSA) is 45.1 Å². The van der Waals surface area contributed by atoms with Crippen LogP contribution in [0.25, 0.3) is 0 Å². The molecule has 0 amide bonds. The van der Waals surface area contributed by atoms with Gasteiger partial charge in [0.15, 0.2) is 0 Å². The molecule has 0 saturated heterocycles. The molecule has 2 rings (SSSR count). The van der Waals surface area contributed by atoms with E-state index in [9.17, 15) is 5.11 Å². The summed E-state index contributed by atoms with van der Waals surface area (Å²) >= 11 is 1.78. The molecule has 1 aromatic heterocycles. The minimum atomic E-state index is 0.163. The average Bonchev–Trinajstić information content (AvgIpc) is 3.03. The smallest absolute Gasteiger partial charge is 0.0959 e. The Labute approximate surface area is 114 Å². The summed E-state index contributed by atoms with van der Waals surface area (Å²) in [5.41, 5.74) is 1.36. The first-order valence-corrected chi connectivity index (χ1v) is 7.64. The molecule has 1 saturated carbocycles. The van der Waals surface area contributed by atoms with Crippen LogP contribution in [0.15, 0.2) is 5.38 Å². The van der Waals surface area contributed by atoms with E-state index in [1.807, 2.05) is 0 Å². The number of aliphatic hydroxyl groups excluding tert-OH is 1. The van der Waals surface area contributed by atoms with Gasteiger partial charge in [0, 0.05) is 23.9 Å². The Morgan fingerprint density at radius 1 is 1.50 bits per heavy atom. The maximum Gasteiger partial charge on any atom is 0.0959 e. The molecule has 0 aliphatic heterocycles. The first kappa shape index (κ1) is 14.0. The van der Waals surface area contributed by atoms with Crippen LogP contribution in [0.4, 0.5) is 0 Å². The Morgan fingerprint density at radius 3 is 2.78 bits per heavy atom. The summed E-state index contributed by atoms with van der Waals surface area (Å²) in [4.78, 5) is 4.65. The summed E-state index contributed by atoms with van der Waals surface area (Å²) in [5.74, 6) is 0.743. The predicted octanol–water partition coefficient (Wildman–Crippen LogP) is 2.91. The number of nitrogens with one attached hydrogen (secondary N) is 1.